The van der Waals surface area contributed by atoms with Crippen LogP contribution in [0.3, 0.4) is 0 Å². The van der Waals surface area contributed by atoms with Gasteiger partial charge in [0.2, 0.25) is 11.8 Å². The van der Waals surface area contributed by atoms with E-state index in [0.29, 0.717) is 47.5 Å². The van der Waals surface area contributed by atoms with Gasteiger partial charge in [-0.15, -0.1) is 0 Å². The van der Waals surface area contributed by atoms with Crippen LogP contribution in [0.25, 0.3) is 0 Å². The number of nitrogens with zero attached hydrogens (tertiary/aromatic N) is 2. The summed E-state index contributed by atoms with van der Waals surface area (Å²) in [6, 6.07) is 16.8. The third kappa shape index (κ3) is 8.68. The Balaban J connectivity index is 1.78. The Kier molecular flexibility index (Phi) is 12.5. The fourth-order valence-electron chi connectivity index (χ4n) is 5.97. The summed E-state index contributed by atoms with van der Waals surface area (Å²) in [5.74, 6) is -5.92. The number of ether oxygens (including phenoxy) is 2. The van der Waals surface area contributed by atoms with E-state index in [0.717, 1.165) is 19.3 Å². The molecule has 3 aromatic rings. The summed E-state index contributed by atoms with van der Waals surface area (Å²) in [6.45, 7) is 1.70. The number of carbonyl (C=O) groups excluding carboxylic acids is 3. The summed E-state index contributed by atoms with van der Waals surface area (Å²) in [6.07, 6.45) is 4.40. The van der Waals surface area contributed by atoms with E-state index in [1.54, 1.807) is 36.4 Å². The fourth-order valence-corrected chi connectivity index (χ4v) is 5.97. The van der Waals surface area contributed by atoms with Gasteiger partial charge in [-0.2, -0.15) is 14.0 Å². The largest absolute Gasteiger partial charge is 0.497 e. The third-order valence-electron chi connectivity index (χ3n) is 8.56. The molecule has 1 aliphatic rings. The molecule has 1 aliphatic carbocycles. The maximum Gasteiger partial charge on any atom is 0.348 e. The Morgan fingerprint density at radius 3 is 2.25 bits per heavy atom. The minimum Gasteiger partial charge on any atom is -0.497 e. The molecule has 0 heterocycles. The Labute approximate surface area is 280 Å². The van der Waals surface area contributed by atoms with Crippen molar-refractivity contribution in [1.29, 1.82) is 5.26 Å². The van der Waals surface area contributed by atoms with Crippen molar-refractivity contribution in [3.63, 3.8) is 0 Å². The van der Waals surface area contributed by atoms with Gasteiger partial charge in [0.25, 0.3) is 5.91 Å². The minimum absolute atomic E-state index is 0.0245. The molecule has 2 unspecified atom stereocenters. The number of rotatable bonds is 14. The monoisotopic (exact) mass is 660 g/mol. The number of alkyl halides is 2. The van der Waals surface area contributed by atoms with Crippen molar-refractivity contribution in [3.05, 3.63) is 95.1 Å². The number of nitriles is 1. The maximum atomic E-state index is 16.3. The number of nitrogens with one attached hydrogen (secondary N) is 2. The molecular weight excluding hydrogens is 618 g/mol. The van der Waals surface area contributed by atoms with Crippen LogP contribution in [0.2, 0.25) is 0 Å². The first-order valence-corrected chi connectivity index (χ1v) is 16.2. The van der Waals surface area contributed by atoms with Crippen LogP contribution in [0, 0.1) is 11.3 Å². The van der Waals surface area contributed by atoms with E-state index in [9.17, 15) is 19.6 Å². The van der Waals surface area contributed by atoms with Crippen molar-refractivity contribution in [2.45, 2.75) is 82.5 Å². The van der Waals surface area contributed by atoms with Crippen LogP contribution >= 0.6 is 0 Å². The zero-order chi connectivity index (χ0) is 34.7. The van der Waals surface area contributed by atoms with E-state index < -0.39 is 35.7 Å². The molecule has 2 atom stereocenters. The lowest BCUT2D eigenvalue weighted by Crippen LogP contribution is -2.54. The van der Waals surface area contributed by atoms with Gasteiger partial charge in [0.05, 0.1) is 32.4 Å². The van der Waals surface area contributed by atoms with Crippen LogP contribution in [0.1, 0.15) is 86.2 Å². The lowest BCUT2D eigenvalue weighted by atomic mass is 9.94. The van der Waals surface area contributed by atoms with E-state index in [2.05, 4.69) is 10.6 Å². The Bertz CT molecular complexity index is 1590. The highest BCUT2D eigenvalue weighted by atomic mass is 19.3. The second kappa shape index (κ2) is 16.7. The predicted molar refractivity (Wildman–Crippen MR) is 176 cm³/mol. The molecule has 3 aromatic carbocycles. The lowest BCUT2D eigenvalue weighted by Gasteiger charge is -2.35. The molecule has 9 nitrogen and oxygen atoms in total. The lowest BCUT2D eigenvalue weighted by molar-refractivity contribution is -0.154. The number of benzene rings is 3. The Hall–Kier alpha value is -4.98. The Morgan fingerprint density at radius 1 is 0.958 bits per heavy atom. The summed E-state index contributed by atoms with van der Waals surface area (Å²) < 4.78 is 43.4. The van der Waals surface area contributed by atoms with Gasteiger partial charge < -0.3 is 25.0 Å². The quantitative estimate of drug-likeness (QED) is 0.207. The zero-order valence-electron chi connectivity index (χ0n) is 27.5. The molecule has 0 radical (unpaired) electrons. The number of methoxy groups -OCH3 is 2. The topological polar surface area (TPSA) is 121 Å². The van der Waals surface area contributed by atoms with Crippen LogP contribution in [0.15, 0.2) is 72.8 Å². The van der Waals surface area contributed by atoms with E-state index in [4.69, 9.17) is 9.47 Å². The molecule has 3 amide bonds. The fraction of sp³-hybridized carbons (Fsp3) is 0.405. The molecule has 0 aromatic heterocycles. The van der Waals surface area contributed by atoms with Gasteiger partial charge >= 0.3 is 5.92 Å². The van der Waals surface area contributed by atoms with Crippen LogP contribution < -0.4 is 20.1 Å². The smallest absolute Gasteiger partial charge is 0.348 e. The van der Waals surface area contributed by atoms with Gasteiger partial charge in [-0.3, -0.25) is 14.4 Å². The molecule has 0 bridgehead atoms. The molecule has 0 saturated heterocycles. The van der Waals surface area contributed by atoms with Gasteiger partial charge in [-0.05, 0) is 54.7 Å². The van der Waals surface area contributed by atoms with Crippen molar-refractivity contribution < 1.29 is 32.6 Å². The van der Waals surface area contributed by atoms with Crippen molar-refractivity contribution in [2.75, 3.05) is 14.2 Å². The maximum absolute atomic E-state index is 16.3. The van der Waals surface area contributed by atoms with E-state index >= 15 is 8.78 Å². The SMILES string of the molecule is CCCC(=O)N(Cc1ccc(OC)cc1OC)C(C(=O)NC(c1ccccc1)C(F)(F)C(=O)NC1CCCCC1)c1ccc(C#N)cc1. The zero-order valence-corrected chi connectivity index (χ0v) is 27.5. The summed E-state index contributed by atoms with van der Waals surface area (Å²) in [4.78, 5) is 42.8. The summed E-state index contributed by atoms with van der Waals surface area (Å²) in [7, 11) is 2.97. The number of amides is 3. The third-order valence-corrected chi connectivity index (χ3v) is 8.56. The molecule has 0 spiro atoms. The first-order valence-electron chi connectivity index (χ1n) is 16.2. The molecular formula is C37H42F2N4O5. The van der Waals surface area contributed by atoms with Crippen molar-refractivity contribution in [3.8, 4) is 17.6 Å². The van der Waals surface area contributed by atoms with Gasteiger partial charge in [0.1, 0.15) is 23.6 Å². The molecule has 1 fully saturated rings. The highest BCUT2D eigenvalue weighted by Gasteiger charge is 2.50. The van der Waals surface area contributed by atoms with Crippen LogP contribution in [0.4, 0.5) is 8.78 Å². The first kappa shape index (κ1) is 35.9. The first-order chi connectivity index (χ1) is 23.1. The number of hydrogen-bond acceptors (Lipinski definition) is 6. The van der Waals surface area contributed by atoms with Crippen LogP contribution in [-0.2, 0) is 20.9 Å². The summed E-state index contributed by atoms with van der Waals surface area (Å²) in [5, 5.41) is 14.4. The van der Waals surface area contributed by atoms with Crippen molar-refractivity contribution in [2.24, 2.45) is 0 Å². The predicted octanol–water partition coefficient (Wildman–Crippen LogP) is 6.39. The van der Waals surface area contributed by atoms with E-state index in [-0.39, 0.29) is 24.6 Å². The molecule has 4 rings (SSSR count). The minimum atomic E-state index is -4.04. The molecule has 0 aliphatic heterocycles. The highest BCUT2D eigenvalue weighted by molar-refractivity contribution is 5.91. The van der Waals surface area contributed by atoms with Gasteiger partial charge in [0.15, 0.2) is 0 Å². The number of hydrogen-bond donors (Lipinski definition) is 2. The standard InChI is InChI=1S/C37H42F2N4O5/c1-4-11-32(44)43(24-28-20-21-30(47-2)22-31(28)48-3)33(26-18-16-25(23-40)17-19-26)35(45)42-34(27-12-7-5-8-13-27)37(38,39)36(46)41-29-14-9-6-10-15-29/h5,7-8,12-13,16-22,29,33-34H,4,6,9-11,14-15,24H2,1-3H3,(H,41,46)(H,42,45). The molecule has 2 N–H and O–H groups in total. The average Bonchev–Trinajstić information content (AvgIpc) is 3.11. The van der Waals surface area contributed by atoms with Crippen molar-refractivity contribution in [1.82, 2.24) is 15.5 Å². The average molecular weight is 661 g/mol. The van der Waals surface area contributed by atoms with Crippen molar-refractivity contribution >= 4 is 17.7 Å². The second-order valence-corrected chi connectivity index (χ2v) is 11.9. The van der Waals surface area contributed by atoms with Crippen LogP contribution in [0.5, 0.6) is 11.5 Å². The van der Waals surface area contributed by atoms with Gasteiger partial charge in [-0.25, -0.2) is 0 Å². The number of halogens is 2. The molecule has 48 heavy (non-hydrogen) atoms. The van der Waals surface area contributed by atoms with Gasteiger partial charge in [0, 0.05) is 24.1 Å². The summed E-state index contributed by atoms with van der Waals surface area (Å²) in [5.41, 5.74) is 1.18. The highest BCUT2D eigenvalue weighted by Crippen LogP contribution is 2.35. The van der Waals surface area contributed by atoms with Gasteiger partial charge in [-0.1, -0.05) is 68.7 Å². The Morgan fingerprint density at radius 2 is 1.65 bits per heavy atom. The second-order valence-electron chi connectivity index (χ2n) is 11.9. The summed E-state index contributed by atoms with van der Waals surface area (Å²) >= 11 is 0. The van der Waals surface area contributed by atoms with E-state index in [1.165, 1.54) is 55.5 Å². The molecule has 11 heteroatoms. The normalized spacial score (nSPS) is 14.6. The van der Waals surface area contributed by atoms with E-state index in [1.807, 2.05) is 13.0 Å². The number of carbonyl (C=O) groups is 3. The van der Waals surface area contributed by atoms with Crippen LogP contribution in [-0.4, -0.2) is 48.8 Å². The molecule has 1 saturated carbocycles. The molecule has 254 valence electrons.